The van der Waals surface area contributed by atoms with Crippen molar-refractivity contribution in [3.8, 4) is 56.4 Å². The van der Waals surface area contributed by atoms with E-state index in [2.05, 4.69) is 133 Å². The van der Waals surface area contributed by atoms with Crippen molar-refractivity contribution in [3.63, 3.8) is 0 Å². The van der Waals surface area contributed by atoms with Gasteiger partial charge in [0.15, 0.2) is 17.5 Å². The van der Waals surface area contributed by atoms with E-state index in [4.69, 9.17) is 19.4 Å². The molecule has 5 heteroatoms. The molecule has 0 aliphatic carbocycles. The molecule has 4 nitrogen and oxygen atoms in total. The van der Waals surface area contributed by atoms with Crippen LogP contribution in [0.5, 0.6) is 0 Å². The quantitative estimate of drug-likeness (QED) is 0.175. The van der Waals surface area contributed by atoms with Crippen LogP contribution < -0.4 is 0 Å². The molecule has 0 saturated heterocycles. The third kappa shape index (κ3) is 5.40. The highest BCUT2D eigenvalue weighted by molar-refractivity contribution is 7.26. The zero-order valence-electron chi connectivity index (χ0n) is 31.1. The van der Waals surface area contributed by atoms with Crippen LogP contribution in [-0.4, -0.2) is 15.0 Å². The fraction of sp³-hybridized carbons (Fsp3) is 0. The number of aromatic nitrogens is 3. The van der Waals surface area contributed by atoms with Gasteiger partial charge < -0.3 is 4.42 Å². The number of rotatable bonds is 5. The zero-order chi connectivity index (χ0) is 38.2. The summed E-state index contributed by atoms with van der Waals surface area (Å²) in [6.45, 7) is 0. The maximum absolute atomic E-state index is 6.28. The lowest BCUT2D eigenvalue weighted by atomic mass is 9.96. The molecule has 270 valence electrons. The molecule has 12 aromatic rings. The molecule has 0 spiro atoms. The zero-order valence-corrected chi connectivity index (χ0v) is 31.9. The Bertz CT molecular complexity index is 3570. The lowest BCUT2D eigenvalue weighted by Crippen LogP contribution is -2.00. The molecule has 0 unspecified atom stereocenters. The number of hydrogen-bond acceptors (Lipinski definition) is 5. The number of nitrogens with zero attached hydrogens (tertiary/aromatic N) is 3. The molecule has 3 aromatic heterocycles. The SMILES string of the molecule is c1ccc(-c2nc(-c3ccc4c(c3)oc3ccccc34)nc(-c3cc4sc5ccc(-c6ccc(-c7ccc8ccccc8c7)cc6)cc5c4c4ccccc34)n2)cc1. The molecule has 0 aliphatic heterocycles. The molecule has 0 saturated carbocycles. The lowest BCUT2D eigenvalue weighted by molar-refractivity contribution is 0.669. The monoisotopic (exact) mass is 757 g/mol. The molecule has 0 aliphatic rings. The van der Waals surface area contributed by atoms with Crippen LogP contribution in [0.4, 0.5) is 0 Å². The number of thiophene rings is 1. The van der Waals surface area contributed by atoms with Crippen molar-refractivity contribution in [2.45, 2.75) is 0 Å². The fourth-order valence-corrected chi connectivity index (χ4v) is 9.58. The molecule has 3 heterocycles. The van der Waals surface area contributed by atoms with Gasteiger partial charge in [-0.1, -0.05) is 146 Å². The summed E-state index contributed by atoms with van der Waals surface area (Å²) in [6.07, 6.45) is 0. The smallest absolute Gasteiger partial charge is 0.164 e. The Hall–Kier alpha value is -7.47. The summed E-state index contributed by atoms with van der Waals surface area (Å²) >= 11 is 1.81. The minimum Gasteiger partial charge on any atom is -0.456 e. The van der Waals surface area contributed by atoms with E-state index >= 15 is 0 Å². The molecule has 58 heavy (non-hydrogen) atoms. The number of benzene rings is 9. The van der Waals surface area contributed by atoms with Crippen molar-refractivity contribution in [3.05, 3.63) is 188 Å². The van der Waals surface area contributed by atoms with Gasteiger partial charge in [0.2, 0.25) is 0 Å². The minimum absolute atomic E-state index is 0.600. The fourth-order valence-electron chi connectivity index (χ4n) is 8.44. The molecule has 0 bridgehead atoms. The summed E-state index contributed by atoms with van der Waals surface area (Å²) in [5.41, 5.74) is 9.27. The predicted octanol–water partition coefficient (Wildman–Crippen LogP) is 14.8. The van der Waals surface area contributed by atoms with Crippen molar-refractivity contribution in [1.29, 1.82) is 0 Å². The normalized spacial score (nSPS) is 11.8. The van der Waals surface area contributed by atoms with Crippen LogP contribution >= 0.6 is 11.3 Å². The number of fused-ring (bicyclic) bond motifs is 9. The molecule has 0 radical (unpaired) electrons. The van der Waals surface area contributed by atoms with Crippen LogP contribution in [0.25, 0.3) is 120 Å². The van der Waals surface area contributed by atoms with Crippen LogP contribution in [0, 0.1) is 0 Å². The topological polar surface area (TPSA) is 51.8 Å². The summed E-state index contributed by atoms with van der Waals surface area (Å²) in [5.74, 6) is 1.86. The van der Waals surface area contributed by atoms with E-state index < -0.39 is 0 Å². The Morgan fingerprint density at radius 2 is 0.931 bits per heavy atom. The summed E-state index contributed by atoms with van der Waals surface area (Å²) in [5, 5.41) is 9.45. The summed E-state index contributed by atoms with van der Waals surface area (Å²) in [6, 6.07) is 66.5. The van der Waals surface area contributed by atoms with E-state index in [-0.39, 0.29) is 0 Å². The van der Waals surface area contributed by atoms with Gasteiger partial charge in [0.1, 0.15) is 11.2 Å². The van der Waals surface area contributed by atoms with Gasteiger partial charge in [-0.15, -0.1) is 11.3 Å². The molecule has 0 atom stereocenters. The largest absolute Gasteiger partial charge is 0.456 e. The molecular formula is C53H31N3OS. The van der Waals surface area contributed by atoms with Crippen LogP contribution in [0.1, 0.15) is 0 Å². The Labute approximate surface area is 337 Å². The highest BCUT2D eigenvalue weighted by atomic mass is 32.1. The summed E-state index contributed by atoms with van der Waals surface area (Å²) in [4.78, 5) is 15.4. The minimum atomic E-state index is 0.600. The van der Waals surface area contributed by atoms with Crippen LogP contribution in [0.15, 0.2) is 192 Å². The van der Waals surface area contributed by atoms with E-state index in [9.17, 15) is 0 Å². The maximum atomic E-state index is 6.28. The van der Waals surface area contributed by atoms with Crippen molar-refractivity contribution < 1.29 is 4.42 Å². The molecule has 0 amide bonds. The third-order valence-electron chi connectivity index (χ3n) is 11.3. The molecule has 0 fully saturated rings. The maximum Gasteiger partial charge on any atom is 0.164 e. The predicted molar refractivity (Wildman–Crippen MR) is 242 cm³/mol. The molecular weight excluding hydrogens is 727 g/mol. The van der Waals surface area contributed by atoms with E-state index in [1.54, 1.807) is 0 Å². The molecule has 12 rings (SSSR count). The van der Waals surface area contributed by atoms with Gasteiger partial charge in [-0.2, -0.15) is 0 Å². The molecule has 0 N–H and O–H groups in total. The number of para-hydroxylation sites is 1. The van der Waals surface area contributed by atoms with Gasteiger partial charge in [-0.05, 0) is 86.3 Å². The summed E-state index contributed by atoms with van der Waals surface area (Å²) in [7, 11) is 0. The van der Waals surface area contributed by atoms with E-state index in [0.717, 1.165) is 44.0 Å². The van der Waals surface area contributed by atoms with E-state index in [0.29, 0.717) is 17.5 Å². The lowest BCUT2D eigenvalue weighted by Gasteiger charge is -2.11. The third-order valence-corrected chi connectivity index (χ3v) is 12.4. The Morgan fingerprint density at radius 3 is 1.76 bits per heavy atom. The van der Waals surface area contributed by atoms with Gasteiger partial charge in [0.25, 0.3) is 0 Å². The first-order valence-electron chi connectivity index (χ1n) is 19.4. The van der Waals surface area contributed by atoms with Crippen LogP contribution in [-0.2, 0) is 0 Å². The summed E-state index contributed by atoms with van der Waals surface area (Å²) < 4.78 is 8.72. The van der Waals surface area contributed by atoms with Crippen LogP contribution in [0.3, 0.4) is 0 Å². The standard InChI is InChI=1S/C53H31N3OS/c1-2-11-35(12-3-1)51-54-52(39-24-26-42-41-15-8-9-17-46(41)57-47(42)30-39)56-53(55-51)44-31-49-50(43-16-7-6-14-40(43)44)45-29-38(25-27-48(45)58-49)34-20-18-33(19-21-34)37-23-22-32-10-4-5-13-36(32)28-37/h1-31H. The first kappa shape index (κ1) is 32.7. The average molecular weight is 758 g/mol. The highest BCUT2D eigenvalue weighted by Crippen LogP contribution is 2.44. The van der Waals surface area contributed by atoms with Gasteiger partial charge in [-0.3, -0.25) is 0 Å². The van der Waals surface area contributed by atoms with Crippen molar-refractivity contribution in [2.75, 3.05) is 0 Å². The second-order valence-electron chi connectivity index (χ2n) is 14.8. The van der Waals surface area contributed by atoms with Crippen molar-refractivity contribution >= 4 is 75.0 Å². The highest BCUT2D eigenvalue weighted by Gasteiger charge is 2.19. The van der Waals surface area contributed by atoms with Crippen molar-refractivity contribution in [2.24, 2.45) is 0 Å². The van der Waals surface area contributed by atoms with E-state index in [1.165, 1.54) is 58.6 Å². The van der Waals surface area contributed by atoms with E-state index in [1.807, 2.05) is 65.9 Å². The van der Waals surface area contributed by atoms with Gasteiger partial charge in [0, 0.05) is 47.6 Å². The second-order valence-corrected chi connectivity index (χ2v) is 15.9. The Balaban J connectivity index is 0.990. The Morgan fingerprint density at radius 1 is 0.328 bits per heavy atom. The first-order valence-corrected chi connectivity index (χ1v) is 20.2. The van der Waals surface area contributed by atoms with Gasteiger partial charge >= 0.3 is 0 Å². The average Bonchev–Trinajstić information content (AvgIpc) is 3.86. The number of furan rings is 1. The second kappa shape index (κ2) is 13.1. The van der Waals surface area contributed by atoms with Crippen LogP contribution in [0.2, 0.25) is 0 Å². The van der Waals surface area contributed by atoms with Gasteiger partial charge in [-0.25, -0.2) is 15.0 Å². The van der Waals surface area contributed by atoms with Crippen molar-refractivity contribution in [1.82, 2.24) is 15.0 Å². The Kier molecular flexibility index (Phi) is 7.37. The number of hydrogen-bond donors (Lipinski definition) is 0. The van der Waals surface area contributed by atoms with Gasteiger partial charge in [0.05, 0.1) is 0 Å². The molecule has 9 aromatic carbocycles. The first-order chi connectivity index (χ1) is 28.7.